The Hall–Kier alpha value is -2.96. The van der Waals surface area contributed by atoms with Crippen molar-refractivity contribution in [3.63, 3.8) is 0 Å². The Labute approximate surface area is 107 Å². The summed E-state index contributed by atoms with van der Waals surface area (Å²) in [4.78, 5) is 21.6. The maximum Gasteiger partial charge on any atom is 0.271 e. The van der Waals surface area contributed by atoms with Crippen LogP contribution in [0.4, 0.5) is 11.5 Å². The number of aromatic nitrogens is 3. The Balaban J connectivity index is 2.11. The number of imidazole rings is 1. The Morgan fingerprint density at radius 3 is 2.79 bits per heavy atom. The first-order valence-electron chi connectivity index (χ1n) is 5.49. The van der Waals surface area contributed by atoms with E-state index in [1.807, 2.05) is 0 Å². The second kappa shape index (κ2) is 4.05. The van der Waals surface area contributed by atoms with E-state index in [1.54, 1.807) is 24.4 Å². The zero-order valence-electron chi connectivity index (χ0n) is 9.70. The molecule has 0 spiro atoms. The van der Waals surface area contributed by atoms with Crippen molar-refractivity contribution < 1.29 is 4.92 Å². The molecule has 3 aromatic rings. The van der Waals surface area contributed by atoms with E-state index in [2.05, 4.69) is 15.0 Å². The summed E-state index contributed by atoms with van der Waals surface area (Å²) in [5, 5.41) is 10.7. The fourth-order valence-electron chi connectivity index (χ4n) is 1.79. The number of hydrogen-bond acceptors (Lipinski definition) is 5. The lowest BCUT2D eigenvalue weighted by atomic mass is 10.3. The van der Waals surface area contributed by atoms with Crippen molar-refractivity contribution in [3.05, 3.63) is 46.6 Å². The number of rotatable bonds is 2. The van der Waals surface area contributed by atoms with Gasteiger partial charge in [-0.3, -0.25) is 10.1 Å². The zero-order chi connectivity index (χ0) is 13.4. The van der Waals surface area contributed by atoms with Gasteiger partial charge in [-0.15, -0.1) is 0 Å². The molecule has 0 amide bonds. The third-order valence-electron chi connectivity index (χ3n) is 2.74. The molecule has 3 N–H and O–H groups in total. The molecule has 0 unspecified atom stereocenters. The highest BCUT2D eigenvalue weighted by atomic mass is 16.6. The first kappa shape index (κ1) is 11.1. The molecule has 0 aliphatic rings. The van der Waals surface area contributed by atoms with E-state index in [4.69, 9.17) is 5.73 Å². The lowest BCUT2D eigenvalue weighted by Crippen LogP contribution is -1.89. The van der Waals surface area contributed by atoms with Gasteiger partial charge in [-0.25, -0.2) is 9.97 Å². The molecule has 94 valence electrons. The first-order chi connectivity index (χ1) is 9.13. The van der Waals surface area contributed by atoms with Gasteiger partial charge in [0.25, 0.3) is 5.69 Å². The Bertz CT molecular complexity index is 763. The van der Waals surface area contributed by atoms with E-state index < -0.39 is 4.92 Å². The number of nitro groups is 1. The van der Waals surface area contributed by atoms with Crippen molar-refractivity contribution in [3.8, 4) is 11.4 Å². The van der Waals surface area contributed by atoms with Crippen LogP contribution in [0.15, 0.2) is 36.5 Å². The Morgan fingerprint density at radius 1 is 1.26 bits per heavy atom. The lowest BCUT2D eigenvalue weighted by molar-refractivity contribution is -0.384. The summed E-state index contributed by atoms with van der Waals surface area (Å²) in [7, 11) is 0. The predicted octanol–water partition coefficient (Wildman–Crippen LogP) is 2.12. The minimum Gasteiger partial charge on any atom is -0.384 e. The number of nitro benzene ring substituents is 1. The lowest BCUT2D eigenvalue weighted by Gasteiger charge is -1.95. The van der Waals surface area contributed by atoms with Gasteiger partial charge in [0.2, 0.25) is 0 Å². The number of anilines is 1. The van der Waals surface area contributed by atoms with Crippen LogP contribution in [0.25, 0.3) is 22.4 Å². The van der Waals surface area contributed by atoms with Crippen molar-refractivity contribution >= 4 is 22.5 Å². The molecule has 0 radical (unpaired) electrons. The molecule has 3 rings (SSSR count). The molecule has 0 bridgehead atoms. The summed E-state index contributed by atoms with van der Waals surface area (Å²) in [6, 6.07) is 7.95. The summed E-state index contributed by atoms with van der Waals surface area (Å²) in [6.45, 7) is 0. The molecule has 0 aliphatic carbocycles. The molecule has 19 heavy (non-hydrogen) atoms. The van der Waals surface area contributed by atoms with Gasteiger partial charge in [0, 0.05) is 23.9 Å². The highest BCUT2D eigenvalue weighted by Gasteiger charge is 2.10. The van der Waals surface area contributed by atoms with Gasteiger partial charge < -0.3 is 10.7 Å². The summed E-state index contributed by atoms with van der Waals surface area (Å²) in [5.41, 5.74) is 7.59. The topological polar surface area (TPSA) is 111 Å². The molecule has 2 aromatic heterocycles. The van der Waals surface area contributed by atoms with E-state index in [1.165, 1.54) is 12.1 Å². The fourth-order valence-corrected chi connectivity index (χ4v) is 1.79. The number of pyridine rings is 1. The quantitative estimate of drug-likeness (QED) is 0.538. The number of nitrogens with two attached hydrogens (primary N) is 1. The monoisotopic (exact) mass is 255 g/mol. The second-order valence-electron chi connectivity index (χ2n) is 4.02. The number of aromatic amines is 1. The van der Waals surface area contributed by atoms with E-state index >= 15 is 0 Å². The molecule has 0 aliphatic heterocycles. The van der Waals surface area contributed by atoms with E-state index in [0.717, 1.165) is 5.56 Å². The van der Waals surface area contributed by atoms with Crippen molar-refractivity contribution in [1.82, 2.24) is 15.0 Å². The average Bonchev–Trinajstić information content (AvgIpc) is 2.82. The van der Waals surface area contributed by atoms with Crippen molar-refractivity contribution in [2.75, 3.05) is 5.73 Å². The molecule has 0 saturated carbocycles. The standard InChI is InChI=1S/C12H9N5O2/c13-11-4-1-7(6-14-11)12-15-9-3-2-8(17(18)19)5-10(9)16-12/h1-6H,(H2,13,14)(H,15,16). The molecular formula is C12H9N5O2. The van der Waals surface area contributed by atoms with Crippen LogP contribution in [0.1, 0.15) is 0 Å². The van der Waals surface area contributed by atoms with Crippen LogP contribution in [0.5, 0.6) is 0 Å². The first-order valence-corrected chi connectivity index (χ1v) is 5.49. The van der Waals surface area contributed by atoms with E-state index in [-0.39, 0.29) is 5.69 Å². The molecule has 1 aromatic carbocycles. The summed E-state index contributed by atoms with van der Waals surface area (Å²) in [5.74, 6) is 1.03. The fraction of sp³-hybridized carbons (Fsp3) is 0. The van der Waals surface area contributed by atoms with Crippen LogP contribution in [0.2, 0.25) is 0 Å². The van der Waals surface area contributed by atoms with E-state index in [9.17, 15) is 10.1 Å². The number of non-ortho nitro benzene ring substituents is 1. The van der Waals surface area contributed by atoms with Gasteiger partial charge in [0.15, 0.2) is 0 Å². The third kappa shape index (κ3) is 1.97. The SMILES string of the molecule is Nc1ccc(-c2nc3ccc([N+](=O)[O-])cc3[nH]2)cn1. The Kier molecular flexibility index (Phi) is 2.38. The summed E-state index contributed by atoms with van der Waals surface area (Å²) in [6.07, 6.45) is 1.60. The third-order valence-corrected chi connectivity index (χ3v) is 2.74. The minimum absolute atomic E-state index is 0.0260. The predicted molar refractivity (Wildman–Crippen MR) is 70.4 cm³/mol. The van der Waals surface area contributed by atoms with Crippen molar-refractivity contribution in [2.24, 2.45) is 0 Å². The second-order valence-corrected chi connectivity index (χ2v) is 4.02. The molecular weight excluding hydrogens is 246 g/mol. The summed E-state index contributed by atoms with van der Waals surface area (Å²) < 4.78 is 0. The number of nitrogens with zero attached hydrogens (tertiary/aromatic N) is 3. The van der Waals surface area contributed by atoms with Crippen LogP contribution in [-0.2, 0) is 0 Å². The minimum atomic E-state index is -0.440. The normalized spacial score (nSPS) is 10.7. The molecule has 7 heteroatoms. The van der Waals surface area contributed by atoms with Crippen molar-refractivity contribution in [2.45, 2.75) is 0 Å². The molecule has 0 atom stereocenters. The Morgan fingerprint density at radius 2 is 2.11 bits per heavy atom. The molecule has 2 heterocycles. The maximum absolute atomic E-state index is 10.7. The molecule has 0 saturated heterocycles. The molecule has 7 nitrogen and oxygen atoms in total. The smallest absolute Gasteiger partial charge is 0.271 e. The molecule has 0 fully saturated rings. The van der Waals surface area contributed by atoms with Gasteiger partial charge in [0.05, 0.1) is 16.0 Å². The van der Waals surface area contributed by atoms with Gasteiger partial charge in [0.1, 0.15) is 11.6 Å². The number of nitrogen functional groups attached to an aromatic ring is 1. The largest absolute Gasteiger partial charge is 0.384 e. The van der Waals surface area contributed by atoms with Crippen molar-refractivity contribution in [1.29, 1.82) is 0 Å². The number of benzene rings is 1. The van der Waals surface area contributed by atoms with Gasteiger partial charge in [-0.1, -0.05) is 0 Å². The zero-order valence-corrected chi connectivity index (χ0v) is 9.70. The van der Waals surface area contributed by atoms with Gasteiger partial charge >= 0.3 is 0 Å². The summed E-state index contributed by atoms with van der Waals surface area (Å²) >= 11 is 0. The number of fused-ring (bicyclic) bond motifs is 1. The van der Waals surface area contributed by atoms with Crippen LogP contribution in [0.3, 0.4) is 0 Å². The van der Waals surface area contributed by atoms with E-state index in [0.29, 0.717) is 22.7 Å². The van der Waals surface area contributed by atoms with Gasteiger partial charge in [-0.2, -0.15) is 0 Å². The van der Waals surface area contributed by atoms with Crippen LogP contribution in [-0.4, -0.2) is 19.9 Å². The van der Waals surface area contributed by atoms with Crippen LogP contribution >= 0.6 is 0 Å². The number of H-pyrrole nitrogens is 1. The van der Waals surface area contributed by atoms with Gasteiger partial charge in [-0.05, 0) is 18.2 Å². The highest BCUT2D eigenvalue weighted by molar-refractivity contribution is 5.81. The highest BCUT2D eigenvalue weighted by Crippen LogP contribution is 2.23. The number of hydrogen-bond donors (Lipinski definition) is 2. The van der Waals surface area contributed by atoms with Crippen LogP contribution in [0, 0.1) is 10.1 Å². The van der Waals surface area contributed by atoms with Crippen LogP contribution < -0.4 is 5.73 Å². The average molecular weight is 255 g/mol. The maximum atomic E-state index is 10.7. The number of nitrogens with one attached hydrogen (secondary N) is 1.